The van der Waals surface area contributed by atoms with Gasteiger partial charge in [-0.2, -0.15) is 0 Å². The lowest BCUT2D eigenvalue weighted by Gasteiger charge is -2.39. The molecule has 13 heavy (non-hydrogen) atoms. The van der Waals surface area contributed by atoms with Crippen molar-refractivity contribution in [2.75, 3.05) is 26.2 Å². The van der Waals surface area contributed by atoms with Crippen LogP contribution < -0.4 is 5.32 Å². The van der Waals surface area contributed by atoms with E-state index >= 15 is 0 Å². The van der Waals surface area contributed by atoms with Gasteiger partial charge in [-0.15, -0.1) is 0 Å². The second-order valence-corrected chi connectivity index (χ2v) is 4.22. The Labute approximate surface area is 80.1 Å². The summed E-state index contributed by atoms with van der Waals surface area (Å²) in [5, 5.41) is 13.0. The molecule has 3 nitrogen and oxygen atoms in total. The first-order valence-corrected chi connectivity index (χ1v) is 5.51. The van der Waals surface area contributed by atoms with Crippen LogP contribution in [0.3, 0.4) is 0 Å². The van der Waals surface area contributed by atoms with E-state index in [1.54, 1.807) is 0 Å². The molecule has 0 bridgehead atoms. The molecule has 2 aliphatic rings. The van der Waals surface area contributed by atoms with Crippen LogP contribution >= 0.6 is 0 Å². The van der Waals surface area contributed by atoms with Crippen LogP contribution in [0.5, 0.6) is 0 Å². The number of rotatable bonds is 1. The molecule has 0 aromatic rings. The molecule has 0 unspecified atom stereocenters. The first-order valence-electron chi connectivity index (χ1n) is 5.51. The van der Waals surface area contributed by atoms with E-state index in [2.05, 4.69) is 10.2 Å². The molecule has 0 saturated carbocycles. The van der Waals surface area contributed by atoms with Gasteiger partial charge in [0.25, 0.3) is 0 Å². The molecule has 2 heterocycles. The standard InChI is InChI=1S/C10H20N2O/c13-10-8-11-5-4-9(10)12-6-2-1-3-7-12/h9-11,13H,1-8H2/t9-,10-/m1/s1. The number of aliphatic hydroxyl groups is 1. The van der Waals surface area contributed by atoms with Crippen molar-refractivity contribution >= 4 is 0 Å². The Morgan fingerprint density at radius 1 is 1.15 bits per heavy atom. The SMILES string of the molecule is O[C@@H]1CNCC[C@H]1N1CCCCC1. The molecule has 76 valence electrons. The van der Waals surface area contributed by atoms with Crippen molar-refractivity contribution in [3.05, 3.63) is 0 Å². The smallest absolute Gasteiger partial charge is 0.0819 e. The van der Waals surface area contributed by atoms with E-state index in [-0.39, 0.29) is 6.10 Å². The second-order valence-electron chi connectivity index (χ2n) is 4.22. The van der Waals surface area contributed by atoms with Gasteiger partial charge in [0, 0.05) is 12.6 Å². The highest BCUT2D eigenvalue weighted by Gasteiger charge is 2.28. The van der Waals surface area contributed by atoms with Crippen molar-refractivity contribution in [3.8, 4) is 0 Å². The summed E-state index contributed by atoms with van der Waals surface area (Å²) in [6.07, 6.45) is 4.97. The zero-order valence-electron chi connectivity index (χ0n) is 8.21. The molecular formula is C10H20N2O. The summed E-state index contributed by atoms with van der Waals surface area (Å²) in [6.45, 7) is 4.24. The van der Waals surface area contributed by atoms with Crippen LogP contribution in [0, 0.1) is 0 Å². The third-order valence-corrected chi connectivity index (χ3v) is 3.27. The van der Waals surface area contributed by atoms with Gasteiger partial charge >= 0.3 is 0 Å². The lowest BCUT2D eigenvalue weighted by Crippen LogP contribution is -2.54. The summed E-state index contributed by atoms with van der Waals surface area (Å²) in [4.78, 5) is 2.48. The van der Waals surface area contributed by atoms with Gasteiger partial charge < -0.3 is 10.4 Å². The lowest BCUT2D eigenvalue weighted by molar-refractivity contribution is 0.0199. The molecule has 2 atom stereocenters. The minimum absolute atomic E-state index is 0.146. The van der Waals surface area contributed by atoms with Gasteiger partial charge in [-0.1, -0.05) is 6.42 Å². The molecule has 2 rings (SSSR count). The lowest BCUT2D eigenvalue weighted by atomic mass is 9.99. The number of β-amino-alcohol motifs (C(OH)–C–C–N with tert-alkyl or cyclic N) is 1. The molecule has 2 N–H and O–H groups in total. The number of hydrogen-bond donors (Lipinski definition) is 2. The highest BCUT2D eigenvalue weighted by molar-refractivity contribution is 4.86. The van der Waals surface area contributed by atoms with Gasteiger partial charge in [0.1, 0.15) is 0 Å². The predicted octanol–water partition coefficient (Wildman–Crippen LogP) is 0.195. The van der Waals surface area contributed by atoms with E-state index in [0.717, 1.165) is 19.5 Å². The minimum atomic E-state index is -0.146. The van der Waals surface area contributed by atoms with E-state index in [1.165, 1.54) is 32.4 Å². The van der Waals surface area contributed by atoms with E-state index in [4.69, 9.17) is 0 Å². The molecule has 3 heteroatoms. The first-order chi connectivity index (χ1) is 6.38. The summed E-state index contributed by atoms with van der Waals surface area (Å²) in [6, 6.07) is 0.432. The summed E-state index contributed by atoms with van der Waals surface area (Å²) in [5.41, 5.74) is 0. The number of nitrogens with one attached hydrogen (secondary N) is 1. The zero-order valence-corrected chi connectivity index (χ0v) is 8.21. The average molecular weight is 184 g/mol. The van der Waals surface area contributed by atoms with Crippen LogP contribution in [0.1, 0.15) is 25.7 Å². The molecule has 0 spiro atoms. The third kappa shape index (κ3) is 2.22. The number of likely N-dealkylation sites (tertiary alicyclic amines) is 1. The van der Waals surface area contributed by atoms with Crippen LogP contribution in [0.4, 0.5) is 0 Å². The maximum absolute atomic E-state index is 9.82. The molecule has 0 aromatic heterocycles. The molecule has 0 amide bonds. The van der Waals surface area contributed by atoms with Crippen molar-refractivity contribution in [1.82, 2.24) is 10.2 Å². The van der Waals surface area contributed by atoms with Gasteiger partial charge in [0.15, 0.2) is 0 Å². The molecule has 2 aliphatic heterocycles. The fraction of sp³-hybridized carbons (Fsp3) is 1.00. The fourth-order valence-corrected chi connectivity index (χ4v) is 2.50. The number of aliphatic hydroxyl groups excluding tert-OH is 1. The Bertz CT molecular complexity index is 157. The van der Waals surface area contributed by atoms with Crippen LogP contribution in [-0.4, -0.2) is 48.3 Å². The van der Waals surface area contributed by atoms with Crippen LogP contribution in [0.15, 0.2) is 0 Å². The number of piperidine rings is 2. The summed E-state index contributed by atoms with van der Waals surface area (Å²) < 4.78 is 0. The van der Waals surface area contributed by atoms with Gasteiger partial charge in [-0.3, -0.25) is 4.90 Å². The van der Waals surface area contributed by atoms with Crippen molar-refractivity contribution in [3.63, 3.8) is 0 Å². The van der Waals surface area contributed by atoms with Crippen molar-refractivity contribution < 1.29 is 5.11 Å². The monoisotopic (exact) mass is 184 g/mol. The van der Waals surface area contributed by atoms with E-state index in [1.807, 2.05) is 0 Å². The maximum atomic E-state index is 9.82. The van der Waals surface area contributed by atoms with Crippen molar-refractivity contribution in [2.24, 2.45) is 0 Å². The Morgan fingerprint density at radius 2 is 1.92 bits per heavy atom. The van der Waals surface area contributed by atoms with Gasteiger partial charge in [0.2, 0.25) is 0 Å². The largest absolute Gasteiger partial charge is 0.390 e. The molecule has 0 radical (unpaired) electrons. The Hall–Kier alpha value is -0.120. The first kappa shape index (κ1) is 9.44. The van der Waals surface area contributed by atoms with Crippen LogP contribution in [0.25, 0.3) is 0 Å². The predicted molar refractivity (Wildman–Crippen MR) is 52.7 cm³/mol. The summed E-state index contributed by atoms with van der Waals surface area (Å²) in [5.74, 6) is 0. The molecule has 2 saturated heterocycles. The highest BCUT2D eigenvalue weighted by Crippen LogP contribution is 2.18. The summed E-state index contributed by atoms with van der Waals surface area (Å²) in [7, 11) is 0. The van der Waals surface area contributed by atoms with Gasteiger partial charge in [-0.25, -0.2) is 0 Å². The van der Waals surface area contributed by atoms with E-state index in [9.17, 15) is 5.11 Å². The molecule has 0 aromatic carbocycles. The quantitative estimate of drug-likeness (QED) is 0.611. The second kappa shape index (κ2) is 4.40. The fourth-order valence-electron chi connectivity index (χ4n) is 2.50. The molecular weight excluding hydrogens is 164 g/mol. The van der Waals surface area contributed by atoms with E-state index < -0.39 is 0 Å². The van der Waals surface area contributed by atoms with Crippen LogP contribution in [0.2, 0.25) is 0 Å². The molecule has 0 aliphatic carbocycles. The highest BCUT2D eigenvalue weighted by atomic mass is 16.3. The van der Waals surface area contributed by atoms with Crippen molar-refractivity contribution in [1.29, 1.82) is 0 Å². The normalized spacial score (nSPS) is 37.6. The number of hydrogen-bond acceptors (Lipinski definition) is 3. The van der Waals surface area contributed by atoms with Crippen molar-refractivity contribution in [2.45, 2.75) is 37.8 Å². The minimum Gasteiger partial charge on any atom is -0.390 e. The van der Waals surface area contributed by atoms with E-state index in [0.29, 0.717) is 6.04 Å². The average Bonchev–Trinajstić information content (AvgIpc) is 2.20. The third-order valence-electron chi connectivity index (χ3n) is 3.27. The number of nitrogens with zero attached hydrogens (tertiary/aromatic N) is 1. The molecule has 2 fully saturated rings. The summed E-state index contributed by atoms with van der Waals surface area (Å²) >= 11 is 0. The van der Waals surface area contributed by atoms with Gasteiger partial charge in [-0.05, 0) is 38.9 Å². The van der Waals surface area contributed by atoms with Crippen LogP contribution in [-0.2, 0) is 0 Å². The Balaban J connectivity index is 1.88. The van der Waals surface area contributed by atoms with Gasteiger partial charge in [0.05, 0.1) is 6.10 Å². The Kier molecular flexibility index (Phi) is 3.19. The maximum Gasteiger partial charge on any atom is 0.0819 e. The topological polar surface area (TPSA) is 35.5 Å². The zero-order chi connectivity index (χ0) is 9.10. The Morgan fingerprint density at radius 3 is 2.62 bits per heavy atom.